The molecule has 0 saturated carbocycles. The molecule has 1 aliphatic heterocycles. The van der Waals surface area contributed by atoms with Crippen molar-refractivity contribution in [3.63, 3.8) is 0 Å². The number of aryl methyl sites for hydroxylation is 1. The average molecular weight is 271 g/mol. The van der Waals surface area contributed by atoms with Gasteiger partial charge in [0.25, 0.3) is 5.91 Å². The van der Waals surface area contributed by atoms with Gasteiger partial charge in [0.15, 0.2) is 0 Å². The van der Waals surface area contributed by atoms with Crippen LogP contribution in [0.15, 0.2) is 24.8 Å². The molecule has 2 heteroatoms. The van der Waals surface area contributed by atoms with Gasteiger partial charge in [-0.3, -0.25) is 4.79 Å². The molecule has 0 spiro atoms. The third-order valence-corrected chi connectivity index (χ3v) is 4.02. The van der Waals surface area contributed by atoms with E-state index in [2.05, 4.69) is 26.5 Å². The third kappa shape index (κ3) is 3.12. The van der Waals surface area contributed by atoms with Crippen LogP contribution in [0.4, 0.5) is 0 Å². The zero-order chi connectivity index (χ0) is 14.5. The smallest absolute Gasteiger partial charge is 0.258 e. The topological polar surface area (TPSA) is 20.3 Å². The molecule has 0 fully saturated rings. The second-order valence-electron chi connectivity index (χ2n) is 5.72. The molecule has 1 heterocycles. The summed E-state index contributed by atoms with van der Waals surface area (Å²) < 4.78 is 0. The Morgan fingerprint density at radius 1 is 1.05 bits per heavy atom. The Balaban J connectivity index is 1.89. The monoisotopic (exact) mass is 271 g/mol. The molecule has 0 radical (unpaired) electrons. The summed E-state index contributed by atoms with van der Waals surface area (Å²) in [6, 6.07) is 5.99. The Hall–Kier alpha value is -1.57. The van der Waals surface area contributed by atoms with Gasteiger partial charge in [0.2, 0.25) is 0 Å². The second kappa shape index (κ2) is 6.74. The minimum Gasteiger partial charge on any atom is -0.308 e. The number of carbonyl (C=O) groups excluding carboxylic acids is 1. The van der Waals surface area contributed by atoms with Gasteiger partial charge in [-0.25, -0.2) is 0 Å². The number of amides is 1. The summed E-state index contributed by atoms with van der Waals surface area (Å²) >= 11 is 0. The lowest BCUT2D eigenvalue weighted by Crippen LogP contribution is -2.23. The highest BCUT2D eigenvalue weighted by molar-refractivity contribution is 6.08. The van der Waals surface area contributed by atoms with Crippen molar-refractivity contribution < 1.29 is 4.79 Å². The normalized spacial score (nSPS) is 14.0. The van der Waals surface area contributed by atoms with Gasteiger partial charge in [-0.15, -0.1) is 0 Å². The van der Waals surface area contributed by atoms with E-state index in [-0.39, 0.29) is 5.91 Å². The fourth-order valence-corrected chi connectivity index (χ4v) is 2.78. The first-order valence-electron chi connectivity index (χ1n) is 7.77. The van der Waals surface area contributed by atoms with Gasteiger partial charge in [0, 0.05) is 23.4 Å². The van der Waals surface area contributed by atoms with Crippen molar-refractivity contribution in [3.8, 4) is 0 Å². The van der Waals surface area contributed by atoms with Gasteiger partial charge in [-0.05, 0) is 25.5 Å². The number of hydrogen-bond donors (Lipinski definition) is 0. The average Bonchev–Trinajstić information content (AvgIpc) is 2.67. The fourth-order valence-electron chi connectivity index (χ4n) is 2.78. The van der Waals surface area contributed by atoms with E-state index in [1.165, 1.54) is 37.7 Å². The maximum atomic E-state index is 12.3. The van der Waals surface area contributed by atoms with Crippen LogP contribution in [0.3, 0.4) is 0 Å². The van der Waals surface area contributed by atoms with Crippen LogP contribution in [0.25, 0.3) is 5.70 Å². The van der Waals surface area contributed by atoms with E-state index in [9.17, 15) is 4.79 Å². The molecule has 0 atom stereocenters. The second-order valence-corrected chi connectivity index (χ2v) is 5.72. The molecule has 0 N–H and O–H groups in total. The van der Waals surface area contributed by atoms with E-state index < -0.39 is 0 Å². The van der Waals surface area contributed by atoms with Crippen LogP contribution in [0.5, 0.6) is 0 Å². The molecule has 1 aliphatic rings. The Labute approximate surface area is 122 Å². The minimum atomic E-state index is 0.124. The van der Waals surface area contributed by atoms with E-state index in [1.54, 1.807) is 0 Å². The molecule has 0 unspecified atom stereocenters. The van der Waals surface area contributed by atoms with Gasteiger partial charge in [0.05, 0.1) is 0 Å². The number of fused-ring (bicyclic) bond motifs is 1. The predicted molar refractivity (Wildman–Crippen MR) is 84.6 cm³/mol. The van der Waals surface area contributed by atoms with Gasteiger partial charge < -0.3 is 4.90 Å². The van der Waals surface area contributed by atoms with Crippen molar-refractivity contribution in [2.75, 3.05) is 6.54 Å². The lowest BCUT2D eigenvalue weighted by Gasteiger charge is -2.17. The first kappa shape index (κ1) is 14.8. The van der Waals surface area contributed by atoms with Crippen LogP contribution < -0.4 is 0 Å². The summed E-state index contributed by atoms with van der Waals surface area (Å²) in [6.07, 6.45) is 7.45. The number of benzene rings is 1. The van der Waals surface area contributed by atoms with Crippen molar-refractivity contribution in [3.05, 3.63) is 41.5 Å². The summed E-state index contributed by atoms with van der Waals surface area (Å²) in [5.74, 6) is 0.124. The summed E-state index contributed by atoms with van der Waals surface area (Å²) in [5, 5.41) is 0. The molecule has 1 amide bonds. The number of carbonyl (C=O) groups is 1. The largest absolute Gasteiger partial charge is 0.308 e. The molecule has 0 bridgehead atoms. The summed E-state index contributed by atoms with van der Waals surface area (Å²) in [6.45, 7) is 9.18. The molecular formula is C18H25NO. The standard InChI is InChI=1S/C18H25NO/c1-4-5-6-7-8-9-12-19-15(3)17-13-14(2)10-11-16(17)18(19)20/h10-11,13H,3-9,12H2,1-2H3. The van der Waals surface area contributed by atoms with Crippen molar-refractivity contribution in [2.45, 2.75) is 52.4 Å². The maximum absolute atomic E-state index is 12.3. The molecule has 0 saturated heterocycles. The highest BCUT2D eigenvalue weighted by Gasteiger charge is 2.30. The summed E-state index contributed by atoms with van der Waals surface area (Å²) in [4.78, 5) is 14.2. The molecule has 0 aromatic heterocycles. The Morgan fingerprint density at radius 3 is 2.50 bits per heavy atom. The van der Waals surface area contributed by atoms with E-state index in [0.717, 1.165) is 29.8 Å². The first-order valence-corrected chi connectivity index (χ1v) is 7.77. The molecule has 2 nitrogen and oxygen atoms in total. The fraction of sp³-hybridized carbons (Fsp3) is 0.500. The first-order chi connectivity index (χ1) is 9.65. The SMILES string of the molecule is C=C1c2cc(C)ccc2C(=O)N1CCCCCCCC. The Bertz CT molecular complexity index is 504. The van der Waals surface area contributed by atoms with Gasteiger partial charge in [-0.1, -0.05) is 57.2 Å². The van der Waals surface area contributed by atoms with Crippen LogP contribution in [0.2, 0.25) is 0 Å². The Kier molecular flexibility index (Phi) is 4.99. The molecule has 0 aliphatic carbocycles. The van der Waals surface area contributed by atoms with Gasteiger partial charge in [0.1, 0.15) is 0 Å². The zero-order valence-corrected chi connectivity index (χ0v) is 12.7. The molecule has 1 aromatic rings. The lowest BCUT2D eigenvalue weighted by atomic mass is 10.1. The molecule has 108 valence electrons. The quantitative estimate of drug-likeness (QED) is 0.653. The van der Waals surface area contributed by atoms with E-state index in [0.29, 0.717) is 0 Å². The van der Waals surface area contributed by atoms with E-state index in [1.807, 2.05) is 17.0 Å². The molecule has 2 rings (SSSR count). The zero-order valence-electron chi connectivity index (χ0n) is 12.7. The lowest BCUT2D eigenvalue weighted by molar-refractivity contribution is 0.0848. The van der Waals surface area contributed by atoms with Crippen molar-refractivity contribution in [1.82, 2.24) is 4.90 Å². The highest BCUT2D eigenvalue weighted by Crippen LogP contribution is 2.32. The van der Waals surface area contributed by atoms with E-state index in [4.69, 9.17) is 0 Å². The number of unbranched alkanes of at least 4 members (excludes halogenated alkanes) is 5. The molecule has 1 aromatic carbocycles. The minimum absolute atomic E-state index is 0.124. The highest BCUT2D eigenvalue weighted by atomic mass is 16.2. The Morgan fingerprint density at radius 2 is 1.75 bits per heavy atom. The van der Waals surface area contributed by atoms with Crippen LogP contribution >= 0.6 is 0 Å². The van der Waals surface area contributed by atoms with Crippen molar-refractivity contribution in [1.29, 1.82) is 0 Å². The van der Waals surface area contributed by atoms with Gasteiger partial charge in [-0.2, -0.15) is 0 Å². The molecular weight excluding hydrogens is 246 g/mol. The van der Waals surface area contributed by atoms with Crippen LogP contribution in [0, 0.1) is 6.92 Å². The third-order valence-electron chi connectivity index (χ3n) is 4.02. The van der Waals surface area contributed by atoms with E-state index >= 15 is 0 Å². The predicted octanol–water partition coefficient (Wildman–Crippen LogP) is 4.78. The molecule has 20 heavy (non-hydrogen) atoms. The van der Waals surface area contributed by atoms with Crippen LogP contribution in [0.1, 0.15) is 66.9 Å². The summed E-state index contributed by atoms with van der Waals surface area (Å²) in [5.41, 5.74) is 3.88. The van der Waals surface area contributed by atoms with Crippen LogP contribution in [-0.2, 0) is 0 Å². The number of nitrogens with zero attached hydrogens (tertiary/aromatic N) is 1. The van der Waals surface area contributed by atoms with Crippen LogP contribution in [-0.4, -0.2) is 17.4 Å². The summed E-state index contributed by atoms with van der Waals surface area (Å²) in [7, 11) is 0. The van der Waals surface area contributed by atoms with Crippen molar-refractivity contribution >= 4 is 11.6 Å². The number of hydrogen-bond acceptors (Lipinski definition) is 1. The maximum Gasteiger partial charge on any atom is 0.258 e. The van der Waals surface area contributed by atoms with Crippen molar-refractivity contribution in [2.24, 2.45) is 0 Å². The number of rotatable bonds is 7. The van der Waals surface area contributed by atoms with Gasteiger partial charge >= 0.3 is 0 Å².